The molecule has 0 spiro atoms. The van der Waals surface area contributed by atoms with E-state index in [-0.39, 0.29) is 11.4 Å². The van der Waals surface area contributed by atoms with Gasteiger partial charge in [0, 0.05) is 11.9 Å². The van der Waals surface area contributed by atoms with Crippen molar-refractivity contribution in [3.05, 3.63) is 65.9 Å². The van der Waals surface area contributed by atoms with Crippen LogP contribution in [-0.4, -0.2) is 49.9 Å². The molecular formula is C21H22F3N3O4S. The van der Waals surface area contributed by atoms with Gasteiger partial charge in [-0.05, 0) is 36.4 Å². The number of halogens is 3. The van der Waals surface area contributed by atoms with E-state index in [1.54, 1.807) is 30.3 Å². The highest BCUT2D eigenvalue weighted by Gasteiger charge is 2.30. The van der Waals surface area contributed by atoms with E-state index in [0.29, 0.717) is 16.9 Å². The number of pyridine rings is 1. The summed E-state index contributed by atoms with van der Waals surface area (Å²) < 4.78 is 53.7. The number of aliphatic hydroxyl groups excluding tert-OH is 3. The van der Waals surface area contributed by atoms with Gasteiger partial charge in [0.2, 0.25) is 0 Å². The van der Waals surface area contributed by atoms with Crippen LogP contribution in [-0.2, 0) is 23.7 Å². The highest BCUT2D eigenvalue weighted by molar-refractivity contribution is 7.86. The molecule has 0 fully saturated rings. The molecule has 11 heteroatoms. The van der Waals surface area contributed by atoms with Crippen LogP contribution < -0.4 is 10.0 Å². The van der Waals surface area contributed by atoms with E-state index in [0.717, 1.165) is 29.7 Å². The molecule has 5 N–H and O–H groups in total. The lowest BCUT2D eigenvalue weighted by Crippen LogP contribution is -2.54. The zero-order chi connectivity index (χ0) is 23.4. The van der Waals surface area contributed by atoms with E-state index in [1.807, 2.05) is 0 Å². The number of aromatic nitrogens is 1. The Morgan fingerprint density at radius 1 is 0.906 bits per heavy atom. The fourth-order valence-corrected chi connectivity index (χ4v) is 3.76. The first kappa shape index (κ1) is 24.1. The number of alkyl halides is 3. The van der Waals surface area contributed by atoms with Crippen LogP contribution >= 0.6 is 0 Å². The van der Waals surface area contributed by atoms with Gasteiger partial charge >= 0.3 is 6.18 Å². The van der Waals surface area contributed by atoms with E-state index in [4.69, 9.17) is 0 Å². The number of nitrogens with zero attached hydrogens (tertiary/aromatic N) is 1. The molecule has 32 heavy (non-hydrogen) atoms. The predicted octanol–water partition coefficient (Wildman–Crippen LogP) is 2.19. The number of rotatable bonds is 9. The van der Waals surface area contributed by atoms with Gasteiger partial charge < -0.3 is 15.3 Å². The van der Waals surface area contributed by atoms with Crippen molar-refractivity contribution < 1.29 is 32.7 Å². The molecule has 0 aliphatic rings. The summed E-state index contributed by atoms with van der Waals surface area (Å²) in [6.45, 7) is -1.31. The topological polar surface area (TPSA) is 115 Å². The van der Waals surface area contributed by atoms with E-state index >= 15 is 0 Å². The number of nitrogens with one attached hydrogen (secondary N) is 2. The van der Waals surface area contributed by atoms with Crippen LogP contribution in [0.5, 0.6) is 0 Å². The number of fused-ring (bicyclic) bond motifs is 1. The van der Waals surface area contributed by atoms with Crippen molar-refractivity contribution in [2.75, 3.05) is 24.5 Å². The van der Waals surface area contributed by atoms with Gasteiger partial charge in [0.05, 0.1) is 52.7 Å². The Morgan fingerprint density at radius 3 is 2.16 bits per heavy atom. The quantitative estimate of drug-likeness (QED) is 0.328. The summed E-state index contributed by atoms with van der Waals surface area (Å²) >= 11 is 0. The second-order valence-corrected chi connectivity index (χ2v) is 8.39. The second kappa shape index (κ2) is 9.92. The summed E-state index contributed by atoms with van der Waals surface area (Å²) in [7, 11) is -1.83. The number of hydrogen-bond acceptors (Lipinski definition) is 6. The third kappa shape index (κ3) is 5.43. The first-order chi connectivity index (χ1) is 15.2. The lowest BCUT2D eigenvalue weighted by Gasteiger charge is -2.28. The third-order valence-corrected chi connectivity index (χ3v) is 6.03. The molecule has 0 aliphatic carbocycles. The van der Waals surface area contributed by atoms with E-state index in [1.165, 1.54) is 0 Å². The highest BCUT2D eigenvalue weighted by Crippen LogP contribution is 2.30. The van der Waals surface area contributed by atoms with Crippen LogP contribution in [0.25, 0.3) is 10.9 Å². The lowest BCUT2D eigenvalue weighted by atomic mass is 10.0. The molecule has 0 aliphatic heterocycles. The Labute approximate surface area is 184 Å². The number of anilines is 1. The molecule has 1 aromatic heterocycles. The lowest BCUT2D eigenvalue weighted by molar-refractivity contribution is -0.137. The third-order valence-electron chi connectivity index (χ3n) is 4.93. The van der Waals surface area contributed by atoms with Gasteiger partial charge in [-0.1, -0.05) is 18.2 Å². The second-order valence-electron chi connectivity index (χ2n) is 7.18. The fraction of sp³-hybridized carbons (Fsp3) is 0.286. The fourth-order valence-electron chi connectivity index (χ4n) is 2.89. The maximum atomic E-state index is 12.7. The van der Waals surface area contributed by atoms with Crippen LogP contribution in [0.4, 0.5) is 18.9 Å². The SMILES string of the molecule is O=S(Nc1cccc2ccc(CNC(CO)(CO)CO)nc12)c1ccc(C(F)(F)F)cc1. The normalized spacial score (nSPS) is 13.3. The maximum absolute atomic E-state index is 12.7. The Kier molecular flexibility index (Phi) is 7.47. The molecule has 7 nitrogen and oxygen atoms in total. The van der Waals surface area contributed by atoms with Gasteiger partial charge in [-0.15, -0.1) is 0 Å². The number of benzene rings is 2. The summed E-state index contributed by atoms with van der Waals surface area (Å²) in [5.74, 6) is 0. The molecule has 0 amide bonds. The summed E-state index contributed by atoms with van der Waals surface area (Å²) in [6, 6.07) is 12.7. The Morgan fingerprint density at radius 2 is 1.56 bits per heavy atom. The highest BCUT2D eigenvalue weighted by atomic mass is 32.2. The number of hydrogen-bond donors (Lipinski definition) is 5. The first-order valence-electron chi connectivity index (χ1n) is 9.53. The molecule has 0 saturated carbocycles. The average molecular weight is 469 g/mol. The Balaban J connectivity index is 1.82. The van der Waals surface area contributed by atoms with Crippen molar-refractivity contribution in [3.8, 4) is 0 Å². The maximum Gasteiger partial charge on any atom is 0.416 e. The van der Waals surface area contributed by atoms with Crippen molar-refractivity contribution >= 4 is 27.6 Å². The molecule has 1 heterocycles. The van der Waals surface area contributed by atoms with Gasteiger partial charge in [-0.2, -0.15) is 13.2 Å². The molecular weight excluding hydrogens is 447 g/mol. The minimum absolute atomic E-state index is 0.133. The molecule has 3 rings (SSSR count). The molecule has 3 aromatic rings. The smallest absolute Gasteiger partial charge is 0.394 e. The average Bonchev–Trinajstić information content (AvgIpc) is 2.80. The van der Waals surface area contributed by atoms with Gasteiger partial charge in [-0.25, -0.2) is 9.19 Å². The summed E-state index contributed by atoms with van der Waals surface area (Å²) in [5.41, 5.74) is -0.660. The van der Waals surface area contributed by atoms with Crippen molar-refractivity contribution in [2.45, 2.75) is 23.2 Å². The Bertz CT molecular complexity index is 1080. The first-order valence-corrected chi connectivity index (χ1v) is 10.7. The largest absolute Gasteiger partial charge is 0.416 e. The van der Waals surface area contributed by atoms with Crippen LogP contribution in [0.15, 0.2) is 59.5 Å². The minimum Gasteiger partial charge on any atom is -0.394 e. The van der Waals surface area contributed by atoms with Crippen LogP contribution in [0.2, 0.25) is 0 Å². The van der Waals surface area contributed by atoms with E-state index < -0.39 is 48.1 Å². The van der Waals surface area contributed by atoms with Crippen LogP contribution in [0, 0.1) is 0 Å². The standard InChI is InChI=1S/C21H22F3N3O4S/c22-21(23,24)15-5-8-17(9-6-15)32(31)27-18-3-1-2-14-4-7-16(26-19(14)18)10-25-20(11-28,12-29)13-30/h1-9,25,27-30H,10-13H2. The molecule has 1 unspecified atom stereocenters. The van der Waals surface area contributed by atoms with Crippen LogP contribution in [0.3, 0.4) is 0 Å². The van der Waals surface area contributed by atoms with Crippen molar-refractivity contribution in [1.29, 1.82) is 0 Å². The summed E-state index contributed by atoms with van der Waals surface area (Å²) in [5, 5.41) is 31.9. The minimum atomic E-state index is -4.48. The molecule has 0 saturated heterocycles. The zero-order valence-electron chi connectivity index (χ0n) is 16.8. The predicted molar refractivity (Wildman–Crippen MR) is 114 cm³/mol. The molecule has 2 aromatic carbocycles. The van der Waals surface area contributed by atoms with Crippen molar-refractivity contribution in [1.82, 2.24) is 10.3 Å². The van der Waals surface area contributed by atoms with Crippen LogP contribution in [0.1, 0.15) is 11.3 Å². The van der Waals surface area contributed by atoms with Gasteiger partial charge in [0.25, 0.3) is 0 Å². The van der Waals surface area contributed by atoms with Gasteiger partial charge in [0.1, 0.15) is 11.0 Å². The number of aliphatic hydroxyl groups is 3. The molecule has 1 atom stereocenters. The van der Waals surface area contributed by atoms with Crippen molar-refractivity contribution in [3.63, 3.8) is 0 Å². The van der Waals surface area contributed by atoms with Gasteiger partial charge in [-0.3, -0.25) is 10.0 Å². The summed E-state index contributed by atoms with van der Waals surface area (Å²) in [6.07, 6.45) is -4.48. The summed E-state index contributed by atoms with van der Waals surface area (Å²) in [4.78, 5) is 4.69. The van der Waals surface area contributed by atoms with E-state index in [2.05, 4.69) is 15.0 Å². The Hall–Kier alpha value is -2.57. The van der Waals surface area contributed by atoms with Gasteiger partial charge in [0.15, 0.2) is 0 Å². The molecule has 0 bridgehead atoms. The molecule has 172 valence electrons. The number of para-hydroxylation sites is 1. The van der Waals surface area contributed by atoms with E-state index in [9.17, 15) is 32.7 Å². The monoisotopic (exact) mass is 469 g/mol. The van der Waals surface area contributed by atoms with Crippen molar-refractivity contribution in [2.24, 2.45) is 0 Å². The zero-order valence-corrected chi connectivity index (χ0v) is 17.6. The molecule has 0 radical (unpaired) electrons.